The maximum Gasteiger partial charge on any atom is 0.316 e. The molecule has 0 amide bonds. The molecule has 0 atom stereocenters. The quantitative estimate of drug-likeness (QED) is 0.280. The number of ether oxygens (including phenoxy) is 1. The lowest BCUT2D eigenvalue weighted by molar-refractivity contribution is -0.141. The van der Waals surface area contributed by atoms with E-state index in [1.807, 2.05) is 0 Å². The van der Waals surface area contributed by atoms with Gasteiger partial charge in [0.1, 0.15) is 0 Å². The summed E-state index contributed by atoms with van der Waals surface area (Å²) in [6.45, 7) is 1.66. The lowest BCUT2D eigenvalue weighted by Gasteiger charge is -2.20. The highest BCUT2D eigenvalue weighted by atomic mass is 16.5. The van der Waals surface area contributed by atoms with Gasteiger partial charge in [0.2, 0.25) is 0 Å². The van der Waals surface area contributed by atoms with Gasteiger partial charge in [0.15, 0.2) is 0 Å². The average molecular weight is 171 g/mol. The van der Waals surface area contributed by atoms with E-state index in [1.54, 1.807) is 0 Å². The molecule has 0 aromatic rings. The lowest BCUT2D eigenvalue weighted by atomic mass is 9.99. The van der Waals surface area contributed by atoms with Gasteiger partial charge in [-0.05, 0) is 25.9 Å². The van der Waals surface area contributed by atoms with Gasteiger partial charge in [0, 0.05) is 0 Å². The summed E-state index contributed by atoms with van der Waals surface area (Å²) in [6.07, 6.45) is 1.54. The highest BCUT2D eigenvalue weighted by molar-refractivity contribution is 5.86. The van der Waals surface area contributed by atoms with E-state index in [2.05, 4.69) is 10.1 Å². The van der Waals surface area contributed by atoms with E-state index in [-0.39, 0.29) is 11.9 Å². The molecule has 1 fully saturated rings. The Morgan fingerprint density at radius 1 is 1.50 bits per heavy atom. The molecule has 0 aliphatic carbocycles. The summed E-state index contributed by atoms with van der Waals surface area (Å²) in [5.74, 6) is -0.459. The number of hydrogen-bond donors (Lipinski definition) is 3. The second kappa shape index (κ2) is 4.06. The molecule has 0 unspecified atom stereocenters. The van der Waals surface area contributed by atoms with Gasteiger partial charge in [0.25, 0.3) is 6.02 Å². The Kier molecular flexibility index (Phi) is 3.04. The van der Waals surface area contributed by atoms with E-state index in [4.69, 9.17) is 11.1 Å². The highest BCUT2D eigenvalue weighted by Gasteiger charge is 2.22. The lowest BCUT2D eigenvalue weighted by Crippen LogP contribution is -2.34. The summed E-state index contributed by atoms with van der Waals surface area (Å²) in [7, 11) is 0. The van der Waals surface area contributed by atoms with Crippen LogP contribution in [0.4, 0.5) is 0 Å². The molecule has 5 nitrogen and oxygen atoms in total. The molecule has 4 N–H and O–H groups in total. The first-order chi connectivity index (χ1) is 5.70. The van der Waals surface area contributed by atoms with Crippen LogP contribution in [0.3, 0.4) is 0 Å². The molecule has 1 aliphatic heterocycles. The number of carbonyl (C=O) groups is 1. The Morgan fingerprint density at radius 2 is 2.08 bits per heavy atom. The number of hydrogen-bond acceptors (Lipinski definition) is 4. The van der Waals surface area contributed by atoms with Crippen molar-refractivity contribution in [3.63, 3.8) is 0 Å². The molecule has 0 spiro atoms. The minimum Gasteiger partial charge on any atom is -0.393 e. The number of nitrogens with one attached hydrogen (secondary N) is 2. The summed E-state index contributed by atoms with van der Waals surface area (Å²) >= 11 is 0. The molecule has 1 saturated heterocycles. The standard InChI is InChI=1S/C7H13N3O2/c8-7(9)12-6(11)5-1-3-10-4-2-5/h5,10H,1-4H2,(H3,8,9). The zero-order valence-corrected chi connectivity index (χ0v) is 6.80. The second-order valence-electron chi connectivity index (χ2n) is 2.81. The molecule has 1 aliphatic rings. The third-order valence-corrected chi connectivity index (χ3v) is 1.88. The van der Waals surface area contributed by atoms with Crippen molar-refractivity contribution in [3.8, 4) is 0 Å². The molecule has 0 radical (unpaired) electrons. The predicted molar refractivity (Wildman–Crippen MR) is 43.6 cm³/mol. The zero-order valence-electron chi connectivity index (χ0n) is 6.80. The van der Waals surface area contributed by atoms with Crippen LogP contribution in [0.2, 0.25) is 0 Å². The fourth-order valence-electron chi connectivity index (χ4n) is 1.25. The Balaban J connectivity index is 2.34. The number of amidine groups is 1. The number of esters is 1. The first kappa shape index (κ1) is 8.99. The molecule has 0 aromatic carbocycles. The van der Waals surface area contributed by atoms with E-state index in [0.717, 1.165) is 25.9 Å². The maximum absolute atomic E-state index is 11.1. The molecule has 1 rings (SSSR count). The van der Waals surface area contributed by atoms with Crippen molar-refractivity contribution < 1.29 is 9.53 Å². The zero-order chi connectivity index (χ0) is 8.97. The van der Waals surface area contributed by atoms with Gasteiger partial charge in [-0.2, -0.15) is 0 Å². The van der Waals surface area contributed by atoms with Crippen LogP contribution in [-0.4, -0.2) is 25.1 Å². The van der Waals surface area contributed by atoms with E-state index < -0.39 is 6.02 Å². The number of piperidine rings is 1. The van der Waals surface area contributed by atoms with Crippen molar-refractivity contribution in [2.45, 2.75) is 12.8 Å². The Morgan fingerprint density at radius 3 is 2.58 bits per heavy atom. The van der Waals surface area contributed by atoms with Crippen molar-refractivity contribution in [1.82, 2.24) is 5.32 Å². The number of carbonyl (C=O) groups excluding carboxylic acids is 1. The summed E-state index contributed by atoms with van der Waals surface area (Å²) in [6, 6.07) is -0.515. The molecule has 68 valence electrons. The Labute approximate surface area is 70.8 Å². The Hall–Kier alpha value is -1.10. The molecule has 0 aromatic heterocycles. The van der Waals surface area contributed by atoms with Crippen molar-refractivity contribution in [2.75, 3.05) is 13.1 Å². The SMILES string of the molecule is N=C(N)OC(=O)C1CCNCC1. The third-order valence-electron chi connectivity index (χ3n) is 1.88. The van der Waals surface area contributed by atoms with Crippen LogP contribution in [0, 0.1) is 11.3 Å². The molecule has 0 bridgehead atoms. The van der Waals surface area contributed by atoms with Crippen LogP contribution in [-0.2, 0) is 9.53 Å². The van der Waals surface area contributed by atoms with Crippen LogP contribution in [0.25, 0.3) is 0 Å². The van der Waals surface area contributed by atoms with E-state index >= 15 is 0 Å². The van der Waals surface area contributed by atoms with Crippen LogP contribution >= 0.6 is 0 Å². The molecule has 1 heterocycles. The molecular formula is C7H13N3O2. The van der Waals surface area contributed by atoms with Gasteiger partial charge < -0.3 is 15.8 Å². The minimum atomic E-state index is -0.515. The third kappa shape index (κ3) is 2.50. The van der Waals surface area contributed by atoms with Crippen molar-refractivity contribution >= 4 is 12.0 Å². The first-order valence-corrected chi connectivity index (χ1v) is 3.96. The molecular weight excluding hydrogens is 158 g/mol. The fraction of sp³-hybridized carbons (Fsp3) is 0.714. The largest absolute Gasteiger partial charge is 0.393 e. The van der Waals surface area contributed by atoms with Gasteiger partial charge >= 0.3 is 5.97 Å². The number of nitrogens with two attached hydrogens (primary N) is 1. The summed E-state index contributed by atoms with van der Waals surface area (Å²) in [4.78, 5) is 11.1. The normalized spacial score (nSPS) is 18.7. The van der Waals surface area contributed by atoms with Crippen molar-refractivity contribution in [2.24, 2.45) is 11.7 Å². The Bertz CT molecular complexity index is 187. The van der Waals surface area contributed by atoms with Crippen LogP contribution < -0.4 is 11.1 Å². The van der Waals surface area contributed by atoms with Gasteiger partial charge in [-0.1, -0.05) is 0 Å². The summed E-state index contributed by atoms with van der Waals surface area (Å²) in [5.41, 5.74) is 4.92. The second-order valence-corrected chi connectivity index (χ2v) is 2.81. The molecule has 0 saturated carbocycles. The predicted octanol–water partition coefficient (Wildman–Crippen LogP) is -0.577. The average Bonchev–Trinajstić information content (AvgIpc) is 2.05. The van der Waals surface area contributed by atoms with Crippen LogP contribution in [0.1, 0.15) is 12.8 Å². The summed E-state index contributed by atoms with van der Waals surface area (Å²) in [5, 5.41) is 9.89. The van der Waals surface area contributed by atoms with E-state index in [1.165, 1.54) is 0 Å². The van der Waals surface area contributed by atoms with Gasteiger partial charge in [-0.25, -0.2) is 0 Å². The van der Waals surface area contributed by atoms with Crippen LogP contribution in [0.15, 0.2) is 0 Å². The fourth-order valence-corrected chi connectivity index (χ4v) is 1.25. The monoisotopic (exact) mass is 171 g/mol. The van der Waals surface area contributed by atoms with Gasteiger partial charge in [-0.3, -0.25) is 10.2 Å². The molecule has 5 heteroatoms. The van der Waals surface area contributed by atoms with E-state index in [0.29, 0.717) is 0 Å². The van der Waals surface area contributed by atoms with Crippen molar-refractivity contribution in [1.29, 1.82) is 5.41 Å². The minimum absolute atomic E-state index is 0.0878. The first-order valence-electron chi connectivity index (χ1n) is 3.96. The maximum atomic E-state index is 11.1. The topological polar surface area (TPSA) is 88.2 Å². The molecule has 12 heavy (non-hydrogen) atoms. The summed E-state index contributed by atoms with van der Waals surface area (Å²) < 4.78 is 4.48. The smallest absolute Gasteiger partial charge is 0.316 e. The van der Waals surface area contributed by atoms with Crippen LogP contribution in [0.5, 0.6) is 0 Å². The van der Waals surface area contributed by atoms with Gasteiger partial charge in [0.05, 0.1) is 5.92 Å². The highest BCUT2D eigenvalue weighted by Crippen LogP contribution is 2.12. The number of rotatable bonds is 1. The van der Waals surface area contributed by atoms with Crippen molar-refractivity contribution in [3.05, 3.63) is 0 Å². The van der Waals surface area contributed by atoms with Gasteiger partial charge in [-0.15, -0.1) is 0 Å². The van der Waals surface area contributed by atoms with E-state index in [9.17, 15) is 4.79 Å².